The van der Waals surface area contributed by atoms with Gasteiger partial charge in [0, 0.05) is 30.2 Å². The van der Waals surface area contributed by atoms with E-state index in [4.69, 9.17) is 0 Å². The van der Waals surface area contributed by atoms with Crippen LogP contribution in [0.5, 0.6) is 0 Å². The number of fused-ring (bicyclic) bond motifs is 6. The van der Waals surface area contributed by atoms with Gasteiger partial charge >= 0.3 is 0 Å². The molecule has 200 valence electrons. The van der Waals surface area contributed by atoms with Crippen molar-refractivity contribution in [3.8, 4) is 0 Å². The highest BCUT2D eigenvalue weighted by Gasteiger charge is 2.58. The zero-order chi connectivity index (χ0) is 27.9. The summed E-state index contributed by atoms with van der Waals surface area (Å²) in [5.41, 5.74) is 9.96. The van der Waals surface area contributed by atoms with Gasteiger partial charge in [-0.1, -0.05) is 119 Å². The van der Waals surface area contributed by atoms with Crippen molar-refractivity contribution in [3.05, 3.63) is 141 Å². The smallest absolute Gasteiger partial charge is 0.135 e. The van der Waals surface area contributed by atoms with E-state index in [1.165, 1.54) is 51.4 Å². The third-order valence-electron chi connectivity index (χ3n) is 9.99. The summed E-state index contributed by atoms with van der Waals surface area (Å²) in [7, 11) is -2.66. The molecule has 0 fully saturated rings. The van der Waals surface area contributed by atoms with E-state index in [2.05, 4.69) is 137 Å². The zero-order valence-corrected chi connectivity index (χ0v) is 26.5. The predicted molar refractivity (Wildman–Crippen MR) is 184 cm³/mol. The average Bonchev–Trinajstić information content (AvgIpc) is 3.72. The molecule has 0 radical (unpaired) electrons. The summed E-state index contributed by atoms with van der Waals surface area (Å²) < 4.78 is 2.82. The van der Waals surface area contributed by atoms with Crippen LogP contribution >= 0.6 is 22.7 Å². The number of allylic oxidation sites excluding steroid dienone is 4. The second kappa shape index (κ2) is 9.25. The molecule has 0 aliphatic heterocycles. The molecule has 2 aliphatic rings. The minimum atomic E-state index is -2.66. The summed E-state index contributed by atoms with van der Waals surface area (Å²) in [6.07, 6.45) is 0. The van der Waals surface area contributed by atoms with Gasteiger partial charge in [0.25, 0.3) is 0 Å². The number of rotatable bonds is 4. The summed E-state index contributed by atoms with van der Waals surface area (Å²) in [6.45, 7) is 9.66. The van der Waals surface area contributed by atoms with Gasteiger partial charge in [0.2, 0.25) is 0 Å². The zero-order valence-electron chi connectivity index (χ0n) is 23.9. The van der Waals surface area contributed by atoms with Gasteiger partial charge in [-0.2, -0.15) is 0 Å². The minimum absolute atomic E-state index is 0.343. The third-order valence-corrected chi connectivity index (χ3v) is 18.4. The van der Waals surface area contributed by atoms with Crippen LogP contribution in [0.3, 0.4) is 0 Å². The van der Waals surface area contributed by atoms with Crippen LogP contribution in [-0.2, 0) is 0 Å². The lowest BCUT2D eigenvalue weighted by Gasteiger charge is -2.45. The predicted octanol–water partition coefficient (Wildman–Crippen LogP) is 9.94. The Morgan fingerprint density at radius 3 is 1.24 bits per heavy atom. The van der Waals surface area contributed by atoms with Gasteiger partial charge in [0.1, 0.15) is 8.07 Å². The Kier molecular flexibility index (Phi) is 5.69. The first-order valence-corrected chi connectivity index (χ1v) is 18.3. The first-order chi connectivity index (χ1) is 20.0. The maximum absolute atomic E-state index is 2.66. The fourth-order valence-electron chi connectivity index (χ4n) is 8.05. The molecular formula is C38H32S2Si. The summed E-state index contributed by atoms with van der Waals surface area (Å²) in [5, 5.41) is 5.96. The quantitative estimate of drug-likeness (QED) is 0.182. The van der Waals surface area contributed by atoms with E-state index in [9.17, 15) is 0 Å². The van der Waals surface area contributed by atoms with Gasteiger partial charge in [0.15, 0.2) is 0 Å². The van der Waals surface area contributed by atoms with Gasteiger partial charge in [-0.25, -0.2) is 0 Å². The highest BCUT2D eigenvalue weighted by Crippen LogP contribution is 2.60. The summed E-state index contributed by atoms with van der Waals surface area (Å²) in [6, 6.07) is 41.6. The van der Waals surface area contributed by atoms with E-state index in [-0.39, 0.29) is 0 Å². The Labute approximate surface area is 251 Å². The lowest BCUT2D eigenvalue weighted by atomic mass is 10.1. The van der Waals surface area contributed by atoms with Crippen molar-refractivity contribution >= 4 is 72.4 Å². The SMILES string of the molecule is CC1=C(C)C([Si](c2ccccc2)(c2ccccc2)C2C(C)=C(C)c3sc4ccccc4c32)c2c1sc1ccccc21. The standard InChI is InChI=1S/C38H32S2Si/c1-23-25(3)37(33-29-19-11-13-21-31(29)39-35(23)33)41(27-15-7-5-8-16-27,28-17-9-6-10-18-28)38-26(4)24(2)36-34(38)30-20-12-14-22-32(30)40-36/h5-22,37-38H,1-4H3. The Hall–Kier alpha value is -3.50. The maximum atomic E-state index is 2.46. The van der Waals surface area contributed by atoms with Crippen LogP contribution in [0.4, 0.5) is 0 Å². The molecule has 0 bridgehead atoms. The first kappa shape index (κ1) is 25.2. The largest absolute Gasteiger partial charge is 0.140 e. The van der Waals surface area contributed by atoms with Crippen LogP contribution < -0.4 is 10.4 Å². The normalized spacial score (nSPS) is 18.5. The molecule has 0 spiro atoms. The first-order valence-electron chi connectivity index (χ1n) is 14.5. The van der Waals surface area contributed by atoms with Crippen molar-refractivity contribution in [1.82, 2.24) is 0 Å². The van der Waals surface area contributed by atoms with Gasteiger partial charge in [0.05, 0.1) is 0 Å². The van der Waals surface area contributed by atoms with Gasteiger partial charge in [-0.15, -0.1) is 22.7 Å². The fourth-order valence-corrected chi connectivity index (χ4v) is 17.7. The highest BCUT2D eigenvalue weighted by molar-refractivity contribution is 7.21. The van der Waals surface area contributed by atoms with Crippen LogP contribution in [-0.4, -0.2) is 8.07 Å². The average molecular weight is 581 g/mol. The van der Waals surface area contributed by atoms with Crippen LogP contribution in [0.25, 0.3) is 31.3 Å². The molecule has 3 heteroatoms. The van der Waals surface area contributed by atoms with E-state index in [1.807, 2.05) is 22.7 Å². The van der Waals surface area contributed by atoms with Crippen molar-refractivity contribution in [2.24, 2.45) is 0 Å². The maximum Gasteiger partial charge on any atom is 0.140 e. The van der Waals surface area contributed by atoms with Crippen molar-refractivity contribution in [2.45, 2.75) is 38.8 Å². The Morgan fingerprint density at radius 1 is 0.463 bits per heavy atom. The molecule has 2 unspecified atom stereocenters. The molecule has 0 nitrogen and oxygen atoms in total. The molecule has 2 heterocycles. The lowest BCUT2D eigenvalue weighted by molar-refractivity contribution is 1.00. The molecule has 2 aliphatic carbocycles. The Bertz CT molecular complexity index is 1890. The third kappa shape index (κ3) is 3.31. The van der Waals surface area contributed by atoms with Gasteiger partial charge < -0.3 is 0 Å². The van der Waals surface area contributed by atoms with Crippen LogP contribution in [0.2, 0.25) is 0 Å². The molecule has 6 aromatic rings. The summed E-state index contributed by atoms with van der Waals surface area (Å²) in [4.78, 5) is 3.01. The number of benzene rings is 4. The number of hydrogen-bond acceptors (Lipinski definition) is 2. The van der Waals surface area contributed by atoms with E-state index in [0.717, 1.165) is 0 Å². The number of hydrogen-bond donors (Lipinski definition) is 0. The topological polar surface area (TPSA) is 0 Å². The van der Waals surface area contributed by atoms with E-state index in [0.29, 0.717) is 11.1 Å². The minimum Gasteiger partial charge on any atom is -0.135 e. The van der Waals surface area contributed by atoms with Gasteiger partial charge in [-0.3, -0.25) is 0 Å². The molecule has 0 saturated carbocycles. The second-order valence-corrected chi connectivity index (χ2v) is 17.9. The second-order valence-electron chi connectivity index (χ2n) is 11.8. The fraction of sp³-hybridized carbons (Fsp3) is 0.158. The molecule has 2 aromatic heterocycles. The van der Waals surface area contributed by atoms with Crippen molar-refractivity contribution in [2.75, 3.05) is 0 Å². The van der Waals surface area contributed by atoms with Crippen LogP contribution in [0, 0.1) is 0 Å². The summed E-state index contributed by atoms with van der Waals surface area (Å²) >= 11 is 3.99. The van der Waals surface area contributed by atoms with E-state index in [1.54, 1.807) is 22.3 Å². The molecule has 8 rings (SSSR count). The lowest BCUT2D eigenvalue weighted by Crippen LogP contribution is -2.67. The molecule has 0 amide bonds. The Morgan fingerprint density at radius 2 is 0.829 bits per heavy atom. The molecular weight excluding hydrogens is 549 g/mol. The Balaban J connectivity index is 1.57. The monoisotopic (exact) mass is 580 g/mol. The summed E-state index contributed by atoms with van der Waals surface area (Å²) in [5.74, 6) is 0. The van der Waals surface area contributed by atoms with Crippen LogP contribution in [0.1, 0.15) is 59.7 Å². The van der Waals surface area contributed by atoms with Gasteiger partial charge in [-0.05, 0) is 72.9 Å². The van der Waals surface area contributed by atoms with E-state index >= 15 is 0 Å². The molecule has 41 heavy (non-hydrogen) atoms. The van der Waals surface area contributed by atoms with E-state index < -0.39 is 8.07 Å². The number of thiophene rings is 2. The molecule has 4 aromatic carbocycles. The highest BCUT2D eigenvalue weighted by atomic mass is 32.1. The molecule has 0 saturated heterocycles. The van der Waals surface area contributed by atoms with Crippen LogP contribution in [0.15, 0.2) is 120 Å². The van der Waals surface area contributed by atoms with Crippen molar-refractivity contribution in [1.29, 1.82) is 0 Å². The van der Waals surface area contributed by atoms with Crippen molar-refractivity contribution < 1.29 is 0 Å². The molecule has 0 N–H and O–H groups in total. The van der Waals surface area contributed by atoms with Crippen molar-refractivity contribution in [3.63, 3.8) is 0 Å². The molecule has 2 atom stereocenters.